The maximum atomic E-state index is 12.5. The second kappa shape index (κ2) is 63.3. The molecular weight excluding hydrogens is 891 g/mol. The standard InChI is InChI=1S/C69H121NO3/c1-3-5-7-9-11-13-15-17-19-21-23-25-26-27-28-29-30-31-32-33-34-35-36-37-38-39-40-41-42-43-44-45-47-49-51-53-55-57-59-61-63-65-69(73)70-67(66-71)68(72)64-62-60-58-56-54-52-50-48-46-24-22-20-18-16-14-12-10-8-6-4-2/h5,7,11,13,17,19,23,25,27-28,30-31,33-34,36-37,39-40,67-68,71-72H,3-4,6,8-10,12,14-16,18,20-22,24,26,29,32,35,38,41-66H2,1-2H3,(H,70,73)/b7-5-,13-11-,19-17-,25-23-,28-27-,31-30-,34-33-,37-36-,40-39-. The first-order chi connectivity index (χ1) is 36.2. The van der Waals surface area contributed by atoms with Crippen molar-refractivity contribution in [2.24, 2.45) is 0 Å². The van der Waals surface area contributed by atoms with E-state index >= 15 is 0 Å². The van der Waals surface area contributed by atoms with Gasteiger partial charge in [0.15, 0.2) is 0 Å². The highest BCUT2D eigenvalue weighted by atomic mass is 16.3. The summed E-state index contributed by atoms with van der Waals surface area (Å²) in [6.07, 6.45) is 95.2. The van der Waals surface area contributed by atoms with Crippen molar-refractivity contribution in [3.8, 4) is 0 Å². The summed E-state index contributed by atoms with van der Waals surface area (Å²) in [7, 11) is 0. The number of allylic oxidation sites excluding steroid dienone is 18. The Hall–Kier alpha value is -2.95. The molecule has 2 atom stereocenters. The van der Waals surface area contributed by atoms with Gasteiger partial charge in [0.25, 0.3) is 0 Å². The van der Waals surface area contributed by atoms with Crippen LogP contribution in [0.15, 0.2) is 109 Å². The van der Waals surface area contributed by atoms with Gasteiger partial charge in [-0.1, -0.05) is 322 Å². The van der Waals surface area contributed by atoms with E-state index in [1.807, 2.05) is 0 Å². The molecule has 3 N–H and O–H groups in total. The Bertz CT molecular complexity index is 1380. The molecule has 0 bridgehead atoms. The average molecular weight is 1010 g/mol. The Balaban J connectivity index is 3.52. The van der Waals surface area contributed by atoms with Crippen molar-refractivity contribution in [2.75, 3.05) is 6.61 Å². The maximum absolute atomic E-state index is 12.5. The molecule has 0 aliphatic rings. The van der Waals surface area contributed by atoms with E-state index in [1.165, 1.54) is 193 Å². The number of carbonyl (C=O) groups excluding carboxylic acids is 1. The molecule has 4 heteroatoms. The third-order valence-corrected chi connectivity index (χ3v) is 14.0. The zero-order valence-electron chi connectivity index (χ0n) is 48.4. The van der Waals surface area contributed by atoms with Gasteiger partial charge in [0.05, 0.1) is 18.8 Å². The monoisotopic (exact) mass is 1010 g/mol. The molecule has 0 aromatic rings. The zero-order valence-corrected chi connectivity index (χ0v) is 48.4. The first-order valence-corrected chi connectivity index (χ1v) is 31.6. The Morgan fingerprint density at radius 1 is 0.342 bits per heavy atom. The lowest BCUT2D eigenvalue weighted by Crippen LogP contribution is -2.45. The van der Waals surface area contributed by atoms with Crippen molar-refractivity contribution in [1.29, 1.82) is 0 Å². The highest BCUT2D eigenvalue weighted by Crippen LogP contribution is 2.17. The summed E-state index contributed by atoms with van der Waals surface area (Å²) in [6.45, 7) is 4.26. The van der Waals surface area contributed by atoms with Crippen molar-refractivity contribution in [1.82, 2.24) is 5.32 Å². The first kappa shape index (κ1) is 70.1. The summed E-state index contributed by atoms with van der Waals surface area (Å²) in [6, 6.07) is -0.543. The lowest BCUT2D eigenvalue weighted by molar-refractivity contribution is -0.123. The fourth-order valence-corrected chi connectivity index (χ4v) is 9.30. The van der Waals surface area contributed by atoms with Crippen LogP contribution in [-0.4, -0.2) is 34.9 Å². The fourth-order valence-electron chi connectivity index (χ4n) is 9.30. The Morgan fingerprint density at radius 2 is 0.603 bits per heavy atom. The SMILES string of the molecule is CC/C=C\C/C=C\C/C=C\C/C=C\C/C=C\C/C=C\C/C=C\C/C=C\C/C=C\CCCCCCCCCCCCCCCC(=O)NC(CO)C(O)CCCCCCCCCCCCCCCCCCCCCC. The highest BCUT2D eigenvalue weighted by molar-refractivity contribution is 5.76. The molecule has 0 heterocycles. The van der Waals surface area contributed by atoms with Crippen LogP contribution in [0.2, 0.25) is 0 Å². The summed E-state index contributed by atoms with van der Waals surface area (Å²) < 4.78 is 0. The smallest absolute Gasteiger partial charge is 0.220 e. The van der Waals surface area contributed by atoms with Crippen LogP contribution in [0.4, 0.5) is 0 Å². The van der Waals surface area contributed by atoms with E-state index in [0.717, 1.165) is 83.5 Å². The van der Waals surface area contributed by atoms with Crippen molar-refractivity contribution >= 4 is 5.91 Å². The van der Waals surface area contributed by atoms with Gasteiger partial charge >= 0.3 is 0 Å². The number of carbonyl (C=O) groups is 1. The quantitative estimate of drug-likeness (QED) is 0.0420. The van der Waals surface area contributed by atoms with Crippen molar-refractivity contribution in [3.05, 3.63) is 109 Å². The number of amides is 1. The molecular formula is C69H121NO3. The predicted molar refractivity (Wildman–Crippen MR) is 326 cm³/mol. The topological polar surface area (TPSA) is 69.6 Å². The molecule has 0 fully saturated rings. The molecule has 0 spiro atoms. The summed E-state index contributed by atoms with van der Waals surface area (Å²) >= 11 is 0. The number of unbranched alkanes of at least 4 members (excludes halogenated alkanes) is 32. The van der Waals surface area contributed by atoms with E-state index in [9.17, 15) is 15.0 Å². The Kier molecular flexibility index (Phi) is 60.8. The molecule has 0 radical (unpaired) electrons. The maximum Gasteiger partial charge on any atom is 0.220 e. The van der Waals surface area contributed by atoms with Crippen LogP contribution >= 0.6 is 0 Å². The van der Waals surface area contributed by atoms with Gasteiger partial charge in [-0.05, 0) is 83.5 Å². The van der Waals surface area contributed by atoms with E-state index < -0.39 is 12.1 Å². The third-order valence-electron chi connectivity index (χ3n) is 14.0. The minimum atomic E-state index is -0.666. The molecule has 73 heavy (non-hydrogen) atoms. The first-order valence-electron chi connectivity index (χ1n) is 31.6. The van der Waals surface area contributed by atoms with Gasteiger partial charge in [-0.15, -0.1) is 0 Å². The number of hydrogen-bond acceptors (Lipinski definition) is 3. The number of hydrogen-bond donors (Lipinski definition) is 3. The Morgan fingerprint density at radius 3 is 0.904 bits per heavy atom. The molecule has 0 aromatic heterocycles. The van der Waals surface area contributed by atoms with E-state index in [2.05, 4.69) is 129 Å². The van der Waals surface area contributed by atoms with Crippen LogP contribution in [0, 0.1) is 0 Å². The lowest BCUT2D eigenvalue weighted by atomic mass is 10.0. The molecule has 1 amide bonds. The number of aliphatic hydroxyl groups excluding tert-OH is 2. The van der Waals surface area contributed by atoms with E-state index in [4.69, 9.17) is 0 Å². The predicted octanol–water partition coefficient (Wildman–Crippen LogP) is 21.4. The van der Waals surface area contributed by atoms with Crippen LogP contribution < -0.4 is 5.32 Å². The van der Waals surface area contributed by atoms with Crippen LogP contribution in [0.3, 0.4) is 0 Å². The number of nitrogens with one attached hydrogen (secondary N) is 1. The van der Waals surface area contributed by atoms with Crippen molar-refractivity contribution in [2.45, 2.75) is 315 Å². The molecule has 0 aliphatic carbocycles. The molecule has 0 aliphatic heterocycles. The van der Waals surface area contributed by atoms with Gasteiger partial charge in [-0.25, -0.2) is 0 Å². The van der Waals surface area contributed by atoms with Crippen LogP contribution in [0.5, 0.6) is 0 Å². The fraction of sp³-hybridized carbons (Fsp3) is 0.725. The van der Waals surface area contributed by atoms with Gasteiger partial charge in [0, 0.05) is 6.42 Å². The van der Waals surface area contributed by atoms with Crippen molar-refractivity contribution in [3.63, 3.8) is 0 Å². The highest BCUT2D eigenvalue weighted by Gasteiger charge is 2.20. The summed E-state index contributed by atoms with van der Waals surface area (Å²) in [5, 5.41) is 23.4. The summed E-state index contributed by atoms with van der Waals surface area (Å²) in [4.78, 5) is 12.5. The van der Waals surface area contributed by atoms with Crippen LogP contribution in [0.25, 0.3) is 0 Å². The Labute approximate surface area is 455 Å². The van der Waals surface area contributed by atoms with E-state index in [0.29, 0.717) is 12.8 Å². The molecule has 0 saturated carbocycles. The molecule has 420 valence electrons. The second-order valence-corrected chi connectivity index (χ2v) is 21.1. The van der Waals surface area contributed by atoms with Crippen LogP contribution in [-0.2, 0) is 4.79 Å². The van der Waals surface area contributed by atoms with Gasteiger partial charge in [-0.3, -0.25) is 4.79 Å². The number of rotatable bonds is 57. The van der Waals surface area contributed by atoms with E-state index in [1.54, 1.807) is 0 Å². The van der Waals surface area contributed by atoms with Gasteiger partial charge in [-0.2, -0.15) is 0 Å². The summed E-state index contributed by atoms with van der Waals surface area (Å²) in [5.41, 5.74) is 0. The molecule has 2 unspecified atom stereocenters. The van der Waals surface area contributed by atoms with Crippen LogP contribution in [0.1, 0.15) is 303 Å². The second-order valence-electron chi connectivity index (χ2n) is 21.1. The zero-order chi connectivity index (χ0) is 52.7. The minimum absolute atomic E-state index is 0.0331. The van der Waals surface area contributed by atoms with E-state index in [-0.39, 0.29) is 12.5 Å². The number of aliphatic hydroxyl groups is 2. The largest absolute Gasteiger partial charge is 0.394 e. The lowest BCUT2D eigenvalue weighted by Gasteiger charge is -2.22. The van der Waals surface area contributed by atoms with Gasteiger partial charge in [0.1, 0.15) is 0 Å². The molecule has 0 aromatic carbocycles. The third kappa shape index (κ3) is 59.8. The van der Waals surface area contributed by atoms with Gasteiger partial charge < -0.3 is 15.5 Å². The molecule has 0 saturated heterocycles. The molecule has 4 nitrogen and oxygen atoms in total. The van der Waals surface area contributed by atoms with Crippen molar-refractivity contribution < 1.29 is 15.0 Å². The minimum Gasteiger partial charge on any atom is -0.394 e. The normalized spacial score (nSPS) is 13.5. The van der Waals surface area contributed by atoms with Gasteiger partial charge in [0.2, 0.25) is 5.91 Å². The summed E-state index contributed by atoms with van der Waals surface area (Å²) in [5.74, 6) is -0.0331. The average Bonchev–Trinajstić information content (AvgIpc) is 3.40. The molecule has 0 rings (SSSR count).